The van der Waals surface area contributed by atoms with E-state index in [1.807, 2.05) is 0 Å². The van der Waals surface area contributed by atoms with E-state index in [1.165, 1.54) is 32.1 Å². The van der Waals surface area contributed by atoms with Crippen molar-refractivity contribution >= 4 is 5.97 Å². The summed E-state index contributed by atoms with van der Waals surface area (Å²) in [6.45, 7) is 0.615. The topological polar surface area (TPSA) is 26.3 Å². The molecular weight excluding hydrogens is 140 g/mol. The fourth-order valence-corrected chi connectivity index (χ4v) is 1.95. The van der Waals surface area contributed by atoms with Gasteiger partial charge in [-0.05, 0) is 18.8 Å². The molecule has 61 valence electrons. The van der Waals surface area contributed by atoms with E-state index in [9.17, 15) is 4.79 Å². The van der Waals surface area contributed by atoms with Gasteiger partial charge in [-0.3, -0.25) is 4.79 Å². The van der Waals surface area contributed by atoms with Crippen molar-refractivity contribution in [1.82, 2.24) is 0 Å². The Bertz CT molecular complexity index is 159. The minimum atomic E-state index is -0.0306. The molecule has 11 heavy (non-hydrogen) atoms. The highest BCUT2D eigenvalue weighted by Crippen LogP contribution is 2.35. The average Bonchev–Trinajstić information content (AvgIpc) is 2.04. The molecule has 0 aromatic rings. The van der Waals surface area contributed by atoms with E-state index in [1.54, 1.807) is 0 Å². The normalized spacial score (nSPS) is 27.8. The Hall–Kier alpha value is -0.530. The molecule has 0 aromatic heterocycles. The van der Waals surface area contributed by atoms with Crippen molar-refractivity contribution in [2.75, 3.05) is 6.61 Å². The molecular formula is C9H13O2. The lowest BCUT2D eigenvalue weighted by Gasteiger charge is -2.33. The van der Waals surface area contributed by atoms with Crippen LogP contribution in [0, 0.1) is 11.8 Å². The third-order valence-electron chi connectivity index (χ3n) is 2.72. The highest BCUT2D eigenvalue weighted by molar-refractivity contribution is 5.90. The summed E-state index contributed by atoms with van der Waals surface area (Å²) in [6.07, 6.45) is 6.36. The average molecular weight is 153 g/mol. The van der Waals surface area contributed by atoms with Crippen LogP contribution < -0.4 is 0 Å². The number of hydrogen-bond acceptors (Lipinski definition) is 2. The highest BCUT2D eigenvalue weighted by Gasteiger charge is 2.39. The van der Waals surface area contributed by atoms with Gasteiger partial charge in [-0.1, -0.05) is 19.3 Å². The molecule has 1 saturated heterocycles. The number of carbonyl (C=O) groups excluding carboxylic acids is 1. The Balaban J connectivity index is 1.88. The van der Waals surface area contributed by atoms with Crippen LogP contribution in [0.3, 0.4) is 0 Å². The molecule has 2 fully saturated rings. The first-order chi connectivity index (χ1) is 5.38. The Morgan fingerprint density at radius 2 is 1.91 bits per heavy atom. The molecule has 1 saturated carbocycles. The van der Waals surface area contributed by atoms with Crippen molar-refractivity contribution in [2.45, 2.75) is 32.1 Å². The van der Waals surface area contributed by atoms with Crippen molar-refractivity contribution in [2.24, 2.45) is 5.92 Å². The van der Waals surface area contributed by atoms with E-state index >= 15 is 0 Å². The number of esters is 1. The van der Waals surface area contributed by atoms with Crippen molar-refractivity contribution in [3.63, 3.8) is 0 Å². The van der Waals surface area contributed by atoms with Gasteiger partial charge in [-0.15, -0.1) is 0 Å². The van der Waals surface area contributed by atoms with Crippen LogP contribution in [0.15, 0.2) is 0 Å². The van der Waals surface area contributed by atoms with E-state index in [0.717, 1.165) is 5.92 Å². The molecule has 1 heterocycles. The summed E-state index contributed by atoms with van der Waals surface area (Å²) in [6, 6.07) is 0. The second kappa shape index (κ2) is 2.84. The third-order valence-corrected chi connectivity index (χ3v) is 2.72. The highest BCUT2D eigenvalue weighted by atomic mass is 16.6. The lowest BCUT2D eigenvalue weighted by Crippen LogP contribution is -2.38. The van der Waals surface area contributed by atoms with Crippen LogP contribution in [0.1, 0.15) is 32.1 Å². The molecule has 1 aliphatic carbocycles. The number of ether oxygens (including phenoxy) is 1. The van der Waals surface area contributed by atoms with Crippen LogP contribution >= 0.6 is 0 Å². The Morgan fingerprint density at radius 3 is 2.36 bits per heavy atom. The van der Waals surface area contributed by atoms with Crippen LogP contribution in [-0.4, -0.2) is 12.6 Å². The van der Waals surface area contributed by atoms with Crippen molar-refractivity contribution in [1.29, 1.82) is 0 Å². The van der Waals surface area contributed by atoms with Gasteiger partial charge in [0.1, 0.15) is 12.5 Å². The Morgan fingerprint density at radius 1 is 1.18 bits per heavy atom. The van der Waals surface area contributed by atoms with Gasteiger partial charge in [0.25, 0.3) is 0 Å². The molecule has 1 radical (unpaired) electrons. The summed E-state index contributed by atoms with van der Waals surface area (Å²) in [4.78, 5) is 10.9. The lowest BCUT2D eigenvalue weighted by atomic mass is 9.79. The molecule has 2 heteroatoms. The van der Waals surface area contributed by atoms with Crippen molar-refractivity contribution in [3.05, 3.63) is 5.92 Å². The van der Waals surface area contributed by atoms with Crippen LogP contribution in [0.25, 0.3) is 0 Å². The van der Waals surface area contributed by atoms with Crippen molar-refractivity contribution in [3.8, 4) is 0 Å². The van der Waals surface area contributed by atoms with E-state index in [4.69, 9.17) is 4.74 Å². The predicted molar refractivity (Wildman–Crippen MR) is 40.8 cm³/mol. The smallest absolute Gasteiger partial charge is 0.317 e. The summed E-state index contributed by atoms with van der Waals surface area (Å²) in [5, 5.41) is 0. The number of hydrogen-bond donors (Lipinski definition) is 0. The van der Waals surface area contributed by atoms with Crippen LogP contribution in [0.5, 0.6) is 0 Å². The fourth-order valence-electron chi connectivity index (χ4n) is 1.95. The molecule has 0 unspecified atom stereocenters. The predicted octanol–water partition coefficient (Wildman–Crippen LogP) is 1.70. The zero-order valence-corrected chi connectivity index (χ0v) is 6.64. The molecule has 2 rings (SSSR count). The van der Waals surface area contributed by atoms with Gasteiger partial charge in [0.15, 0.2) is 0 Å². The van der Waals surface area contributed by atoms with E-state index in [0.29, 0.717) is 12.5 Å². The second-order valence-electron chi connectivity index (χ2n) is 3.44. The van der Waals surface area contributed by atoms with Gasteiger partial charge < -0.3 is 4.74 Å². The SMILES string of the molecule is O=C1OC[C]1C1CCCCC1. The van der Waals surface area contributed by atoms with Crippen LogP contribution in [0.4, 0.5) is 0 Å². The van der Waals surface area contributed by atoms with Gasteiger partial charge in [0, 0.05) is 0 Å². The minimum absolute atomic E-state index is 0.0306. The molecule has 0 amide bonds. The maximum Gasteiger partial charge on any atom is 0.317 e. The van der Waals surface area contributed by atoms with Crippen LogP contribution in [0.2, 0.25) is 0 Å². The molecule has 2 nitrogen and oxygen atoms in total. The molecule has 0 spiro atoms. The summed E-state index contributed by atoms with van der Waals surface area (Å²) < 4.78 is 4.72. The number of cyclic esters (lactones) is 1. The molecule has 2 aliphatic rings. The second-order valence-corrected chi connectivity index (χ2v) is 3.44. The van der Waals surface area contributed by atoms with Gasteiger partial charge in [0.05, 0.1) is 0 Å². The molecule has 0 aromatic carbocycles. The first-order valence-corrected chi connectivity index (χ1v) is 4.41. The quantitative estimate of drug-likeness (QED) is 0.536. The zero-order chi connectivity index (χ0) is 7.68. The molecule has 1 aliphatic heterocycles. The van der Waals surface area contributed by atoms with Gasteiger partial charge in [-0.2, -0.15) is 0 Å². The zero-order valence-electron chi connectivity index (χ0n) is 6.64. The molecule has 0 bridgehead atoms. The van der Waals surface area contributed by atoms with Crippen molar-refractivity contribution < 1.29 is 9.53 Å². The van der Waals surface area contributed by atoms with E-state index in [-0.39, 0.29) is 5.97 Å². The van der Waals surface area contributed by atoms with Crippen LogP contribution in [-0.2, 0) is 9.53 Å². The van der Waals surface area contributed by atoms with E-state index < -0.39 is 0 Å². The summed E-state index contributed by atoms with van der Waals surface area (Å²) >= 11 is 0. The Labute approximate surface area is 66.9 Å². The monoisotopic (exact) mass is 153 g/mol. The number of rotatable bonds is 1. The van der Waals surface area contributed by atoms with Gasteiger partial charge in [0.2, 0.25) is 0 Å². The number of carbonyl (C=O) groups is 1. The Kier molecular flexibility index (Phi) is 1.84. The summed E-state index contributed by atoms with van der Waals surface area (Å²) in [7, 11) is 0. The van der Waals surface area contributed by atoms with Gasteiger partial charge in [-0.25, -0.2) is 0 Å². The fraction of sp³-hybridized carbons (Fsp3) is 0.778. The maximum atomic E-state index is 10.9. The van der Waals surface area contributed by atoms with Gasteiger partial charge >= 0.3 is 5.97 Å². The third kappa shape index (κ3) is 1.26. The largest absolute Gasteiger partial charge is 0.464 e. The lowest BCUT2D eigenvalue weighted by molar-refractivity contribution is -0.155. The van der Waals surface area contributed by atoms with E-state index in [2.05, 4.69) is 0 Å². The summed E-state index contributed by atoms with van der Waals surface area (Å²) in [5.41, 5.74) is 0. The minimum Gasteiger partial charge on any atom is -0.464 e. The molecule has 0 N–H and O–H groups in total. The first-order valence-electron chi connectivity index (χ1n) is 4.41. The molecule has 0 atom stereocenters. The first kappa shape index (κ1) is 7.14. The maximum absolute atomic E-state index is 10.9. The summed E-state index contributed by atoms with van der Waals surface area (Å²) in [5.74, 6) is 1.60. The standard InChI is InChI=1S/C9H13O2/c10-9-8(6-11-9)7-4-2-1-3-5-7/h7H,1-6H2.